The first-order valence-electron chi connectivity index (χ1n) is 9.60. The number of hydrogen-bond donors (Lipinski definition) is 5. The van der Waals surface area contributed by atoms with Crippen molar-refractivity contribution in [1.82, 2.24) is 0 Å². The highest BCUT2D eigenvalue weighted by Gasteiger charge is 2.17. The molecule has 6 nitrogen and oxygen atoms in total. The van der Waals surface area contributed by atoms with Gasteiger partial charge in [0.05, 0.1) is 11.4 Å². The second-order valence-electron chi connectivity index (χ2n) is 7.14. The van der Waals surface area contributed by atoms with Crippen molar-refractivity contribution in [3.8, 4) is 11.5 Å². The lowest BCUT2D eigenvalue weighted by atomic mass is 10.1. The zero-order chi connectivity index (χ0) is 20.5. The quantitative estimate of drug-likeness (QED) is 0.233. The van der Waals surface area contributed by atoms with Crippen LogP contribution in [0.5, 0.6) is 11.5 Å². The van der Waals surface area contributed by atoms with Crippen LogP contribution >= 0.6 is 0 Å². The minimum Gasteiger partial charge on any atom is -0.453 e. The number of nitrogens with two attached hydrogens (primary N) is 2. The van der Waals surface area contributed by atoms with Gasteiger partial charge in [-0.05, 0) is 84.9 Å². The zero-order valence-corrected chi connectivity index (χ0v) is 16.1. The molecule has 0 aromatic heterocycles. The molecule has 148 valence electrons. The first-order valence-corrected chi connectivity index (χ1v) is 9.60. The number of hydrogen-bond acceptors (Lipinski definition) is 6. The molecule has 5 rings (SSSR count). The van der Waals surface area contributed by atoms with E-state index in [0.29, 0.717) is 0 Å². The second-order valence-corrected chi connectivity index (χ2v) is 7.14. The predicted molar refractivity (Wildman–Crippen MR) is 125 cm³/mol. The number of rotatable bonds is 4. The number of benzene rings is 4. The van der Waals surface area contributed by atoms with Crippen molar-refractivity contribution in [2.24, 2.45) is 0 Å². The average molecular weight is 395 g/mol. The van der Waals surface area contributed by atoms with Crippen LogP contribution in [0.25, 0.3) is 0 Å². The van der Waals surface area contributed by atoms with Gasteiger partial charge in [0.1, 0.15) is 0 Å². The molecule has 4 aromatic carbocycles. The Morgan fingerprint density at radius 1 is 0.533 bits per heavy atom. The maximum atomic E-state index is 6.07. The van der Waals surface area contributed by atoms with Gasteiger partial charge in [-0.3, -0.25) is 0 Å². The lowest BCUT2D eigenvalue weighted by Gasteiger charge is -2.23. The maximum Gasteiger partial charge on any atom is 0.151 e. The summed E-state index contributed by atoms with van der Waals surface area (Å²) in [5.74, 6) is 1.56. The summed E-state index contributed by atoms with van der Waals surface area (Å²) >= 11 is 0. The first-order chi connectivity index (χ1) is 14.6. The monoisotopic (exact) mass is 395 g/mol. The fourth-order valence-electron chi connectivity index (χ4n) is 3.32. The van der Waals surface area contributed by atoms with Crippen LogP contribution in [-0.4, -0.2) is 0 Å². The van der Waals surface area contributed by atoms with E-state index < -0.39 is 0 Å². The minimum absolute atomic E-state index is 0.737. The standard InChI is InChI=1S/C24H21N5O/c25-15-1-5-17(6-2-15)27-19-9-11-23-21(13-19)29-22-14-20(10-12-24(22)30-23)28-18-7-3-16(26)4-8-18/h1-14,27-29H,25-26H2. The molecule has 0 amide bonds. The highest BCUT2D eigenvalue weighted by molar-refractivity contribution is 5.81. The molecule has 0 saturated heterocycles. The summed E-state index contributed by atoms with van der Waals surface area (Å²) in [5, 5.41) is 10.2. The van der Waals surface area contributed by atoms with Gasteiger partial charge in [0.15, 0.2) is 11.5 Å². The third kappa shape index (κ3) is 3.66. The summed E-state index contributed by atoms with van der Waals surface area (Å²) in [4.78, 5) is 0. The summed E-state index contributed by atoms with van der Waals surface area (Å²) in [6.45, 7) is 0. The van der Waals surface area contributed by atoms with E-state index in [9.17, 15) is 0 Å². The largest absolute Gasteiger partial charge is 0.453 e. The van der Waals surface area contributed by atoms with Crippen LogP contribution < -0.4 is 32.2 Å². The maximum absolute atomic E-state index is 6.07. The fraction of sp³-hybridized carbons (Fsp3) is 0. The van der Waals surface area contributed by atoms with Crippen LogP contribution in [0.2, 0.25) is 0 Å². The van der Waals surface area contributed by atoms with Gasteiger partial charge in [-0.25, -0.2) is 0 Å². The summed E-state index contributed by atoms with van der Waals surface area (Å²) in [6, 6.07) is 27.2. The smallest absolute Gasteiger partial charge is 0.151 e. The Hall–Kier alpha value is -4.32. The molecular weight excluding hydrogens is 374 g/mol. The van der Waals surface area contributed by atoms with Crippen molar-refractivity contribution in [2.75, 3.05) is 27.4 Å². The molecule has 0 atom stereocenters. The van der Waals surface area contributed by atoms with Gasteiger partial charge in [-0.15, -0.1) is 0 Å². The molecule has 1 heterocycles. The third-order valence-electron chi connectivity index (χ3n) is 4.85. The molecule has 1 aliphatic rings. The minimum atomic E-state index is 0.737. The lowest BCUT2D eigenvalue weighted by Crippen LogP contribution is -2.04. The molecule has 0 bridgehead atoms. The van der Waals surface area contributed by atoms with Gasteiger partial charge < -0.3 is 32.2 Å². The highest BCUT2D eigenvalue weighted by Crippen LogP contribution is 2.44. The number of fused-ring (bicyclic) bond motifs is 2. The van der Waals surface area contributed by atoms with Gasteiger partial charge in [-0.1, -0.05) is 0 Å². The topological polar surface area (TPSA) is 97.4 Å². The van der Waals surface area contributed by atoms with Crippen LogP contribution in [0.3, 0.4) is 0 Å². The van der Waals surface area contributed by atoms with E-state index >= 15 is 0 Å². The third-order valence-corrected chi connectivity index (χ3v) is 4.85. The van der Waals surface area contributed by atoms with E-state index in [2.05, 4.69) is 16.0 Å². The molecule has 0 unspecified atom stereocenters. The SMILES string of the molecule is Nc1ccc(Nc2ccc3c(c2)Nc2cc(Nc4ccc(N)cc4)ccc2O3)cc1. The molecule has 0 saturated carbocycles. The van der Waals surface area contributed by atoms with Crippen LogP contribution in [0, 0.1) is 0 Å². The average Bonchev–Trinajstić information content (AvgIpc) is 2.75. The normalized spacial score (nSPS) is 11.5. The Morgan fingerprint density at radius 2 is 0.933 bits per heavy atom. The Bertz CT molecular complexity index is 1110. The van der Waals surface area contributed by atoms with Crippen molar-refractivity contribution >= 4 is 45.5 Å². The van der Waals surface area contributed by atoms with Gasteiger partial charge in [0.2, 0.25) is 0 Å². The summed E-state index contributed by atoms with van der Waals surface area (Å²) in [5.41, 5.74) is 18.6. The lowest BCUT2D eigenvalue weighted by molar-refractivity contribution is 0.481. The molecule has 1 aliphatic heterocycles. The van der Waals surface area contributed by atoms with E-state index in [4.69, 9.17) is 16.2 Å². The molecule has 0 fully saturated rings. The Balaban J connectivity index is 1.36. The zero-order valence-electron chi connectivity index (χ0n) is 16.1. The van der Waals surface area contributed by atoms with Crippen molar-refractivity contribution in [3.63, 3.8) is 0 Å². The van der Waals surface area contributed by atoms with Gasteiger partial charge in [0.25, 0.3) is 0 Å². The van der Waals surface area contributed by atoms with Crippen molar-refractivity contribution in [2.45, 2.75) is 0 Å². The molecule has 0 radical (unpaired) electrons. The molecule has 7 N–H and O–H groups in total. The molecular formula is C24H21N5O. The van der Waals surface area contributed by atoms with Crippen molar-refractivity contribution in [1.29, 1.82) is 0 Å². The van der Waals surface area contributed by atoms with Crippen LogP contribution in [0.15, 0.2) is 84.9 Å². The second kappa shape index (κ2) is 7.25. The Morgan fingerprint density at radius 3 is 1.37 bits per heavy atom. The number of nitrogen functional groups attached to an aromatic ring is 2. The first kappa shape index (κ1) is 17.8. The number of anilines is 8. The molecule has 30 heavy (non-hydrogen) atoms. The highest BCUT2D eigenvalue weighted by atomic mass is 16.5. The fourth-order valence-corrected chi connectivity index (χ4v) is 3.32. The molecule has 6 heteroatoms. The van der Waals surface area contributed by atoms with E-state index in [0.717, 1.165) is 57.0 Å². The van der Waals surface area contributed by atoms with Crippen LogP contribution in [-0.2, 0) is 0 Å². The molecule has 0 aliphatic carbocycles. The molecule has 4 aromatic rings. The summed E-state index contributed by atoms with van der Waals surface area (Å²) < 4.78 is 6.07. The van der Waals surface area contributed by atoms with Gasteiger partial charge in [0, 0.05) is 34.1 Å². The van der Waals surface area contributed by atoms with Gasteiger partial charge >= 0.3 is 0 Å². The summed E-state index contributed by atoms with van der Waals surface area (Å²) in [7, 11) is 0. The van der Waals surface area contributed by atoms with E-state index in [1.54, 1.807) is 0 Å². The Labute approximate surface area is 174 Å². The number of ether oxygens (including phenoxy) is 1. The van der Waals surface area contributed by atoms with Crippen LogP contribution in [0.1, 0.15) is 0 Å². The van der Waals surface area contributed by atoms with E-state index in [1.165, 1.54) is 0 Å². The predicted octanol–water partition coefficient (Wildman–Crippen LogP) is 6.19. The number of nitrogens with one attached hydrogen (secondary N) is 3. The van der Waals surface area contributed by atoms with Crippen LogP contribution in [0.4, 0.5) is 45.5 Å². The van der Waals surface area contributed by atoms with E-state index in [-0.39, 0.29) is 0 Å². The van der Waals surface area contributed by atoms with Crippen molar-refractivity contribution in [3.05, 3.63) is 84.9 Å². The summed E-state index contributed by atoms with van der Waals surface area (Å²) in [6.07, 6.45) is 0. The van der Waals surface area contributed by atoms with Crippen molar-refractivity contribution < 1.29 is 4.74 Å². The van der Waals surface area contributed by atoms with E-state index in [1.807, 2.05) is 84.9 Å². The Kier molecular flexibility index (Phi) is 4.29. The molecule has 0 spiro atoms. The van der Waals surface area contributed by atoms with Gasteiger partial charge in [-0.2, -0.15) is 0 Å².